The molecule has 0 bridgehead atoms. The van der Waals surface area contributed by atoms with Gasteiger partial charge in [0.15, 0.2) is 0 Å². The van der Waals surface area contributed by atoms with E-state index in [1.54, 1.807) is 0 Å². The molecule has 0 fully saturated rings. The zero-order valence-electron chi connectivity index (χ0n) is 15.1. The number of carbonyl (C=O) groups excluding carboxylic acids is 2. The lowest BCUT2D eigenvalue weighted by molar-refractivity contribution is -0.125. The van der Waals surface area contributed by atoms with Crippen LogP contribution in [0.3, 0.4) is 0 Å². The van der Waals surface area contributed by atoms with Crippen LogP contribution in [-0.2, 0) is 26.0 Å². The van der Waals surface area contributed by atoms with Crippen molar-refractivity contribution in [3.05, 3.63) is 60.3 Å². The summed E-state index contributed by atoms with van der Waals surface area (Å²) in [5, 5.41) is 11.4. The van der Waals surface area contributed by atoms with Crippen LogP contribution >= 0.6 is 0 Å². The molecular formula is C19H20N4O4S. The fraction of sp³-hybridized carbons (Fsp3) is 0.158. The lowest BCUT2D eigenvalue weighted by atomic mass is 10.0. The van der Waals surface area contributed by atoms with Gasteiger partial charge < -0.3 is 15.6 Å². The average Bonchev–Trinajstić information content (AvgIpc) is 3.03. The second-order valence-electron chi connectivity index (χ2n) is 6.38. The summed E-state index contributed by atoms with van der Waals surface area (Å²) in [5.41, 5.74) is 2.24. The van der Waals surface area contributed by atoms with Gasteiger partial charge in [0, 0.05) is 36.1 Å². The van der Waals surface area contributed by atoms with E-state index < -0.39 is 22.0 Å². The van der Waals surface area contributed by atoms with Crippen LogP contribution in [0.15, 0.2) is 59.6 Å². The van der Waals surface area contributed by atoms with Crippen LogP contribution < -0.4 is 15.8 Å². The third-order valence-corrected chi connectivity index (χ3v) is 5.17. The first-order chi connectivity index (χ1) is 13.2. The molecule has 1 aromatic heterocycles. The summed E-state index contributed by atoms with van der Waals surface area (Å²) in [5.74, 6) is -0.742. The van der Waals surface area contributed by atoms with E-state index in [1.165, 1.54) is 31.2 Å². The largest absolute Gasteiger partial charge is 0.361 e. The first kappa shape index (κ1) is 19.6. The predicted molar refractivity (Wildman–Crippen MR) is 106 cm³/mol. The van der Waals surface area contributed by atoms with Gasteiger partial charge in [-0.05, 0) is 35.9 Å². The summed E-state index contributed by atoms with van der Waals surface area (Å²) in [6.45, 7) is 1.34. The lowest BCUT2D eigenvalue weighted by Crippen LogP contribution is -2.44. The molecule has 0 saturated carbocycles. The minimum absolute atomic E-state index is 0.0531. The van der Waals surface area contributed by atoms with Gasteiger partial charge in [0.1, 0.15) is 6.04 Å². The monoisotopic (exact) mass is 400 g/mol. The second kappa shape index (κ2) is 7.83. The number of H-pyrrole nitrogens is 1. The number of hydrogen-bond acceptors (Lipinski definition) is 4. The normalized spacial score (nSPS) is 12.5. The number of amides is 2. The number of anilines is 1. The molecule has 0 spiro atoms. The van der Waals surface area contributed by atoms with E-state index in [0.29, 0.717) is 12.1 Å². The molecule has 0 aliphatic rings. The smallest absolute Gasteiger partial charge is 0.247 e. The summed E-state index contributed by atoms with van der Waals surface area (Å²) >= 11 is 0. The van der Waals surface area contributed by atoms with Gasteiger partial charge in [-0.3, -0.25) is 9.59 Å². The minimum Gasteiger partial charge on any atom is -0.361 e. The van der Waals surface area contributed by atoms with Crippen molar-refractivity contribution in [2.45, 2.75) is 24.3 Å². The highest BCUT2D eigenvalue weighted by molar-refractivity contribution is 7.89. The van der Waals surface area contributed by atoms with E-state index in [0.717, 1.165) is 16.5 Å². The summed E-state index contributed by atoms with van der Waals surface area (Å²) in [6, 6.07) is 12.4. The maximum atomic E-state index is 12.7. The molecule has 0 aliphatic carbocycles. The number of nitrogens with two attached hydrogens (primary N) is 1. The average molecular weight is 400 g/mol. The molecular weight excluding hydrogens is 380 g/mol. The van der Waals surface area contributed by atoms with E-state index in [9.17, 15) is 18.0 Å². The summed E-state index contributed by atoms with van der Waals surface area (Å²) < 4.78 is 22.6. The lowest BCUT2D eigenvalue weighted by Gasteiger charge is -2.17. The van der Waals surface area contributed by atoms with Crippen molar-refractivity contribution in [1.82, 2.24) is 10.3 Å². The Morgan fingerprint density at radius 3 is 2.43 bits per heavy atom. The molecule has 2 aromatic carbocycles. The molecule has 2 amide bonds. The molecule has 5 N–H and O–H groups in total. The number of benzene rings is 2. The number of aromatic amines is 1. The van der Waals surface area contributed by atoms with Gasteiger partial charge in [0.25, 0.3) is 0 Å². The van der Waals surface area contributed by atoms with Gasteiger partial charge in [-0.15, -0.1) is 0 Å². The highest BCUT2D eigenvalue weighted by Crippen LogP contribution is 2.20. The van der Waals surface area contributed by atoms with Gasteiger partial charge in [-0.2, -0.15) is 0 Å². The Morgan fingerprint density at radius 1 is 1.11 bits per heavy atom. The standard InChI is InChI=1S/C19H20N4O4S/c1-12(24)22-18(10-13-11-21-17-5-3-2-4-16(13)17)19(25)23-14-6-8-15(9-7-14)28(20,26)27/h2-9,11,18,21H,10H2,1H3,(H,22,24)(H,23,25)(H2,20,26,27)/t18-/m0/s1. The Balaban J connectivity index is 1.79. The molecule has 8 nitrogen and oxygen atoms in total. The molecule has 9 heteroatoms. The SMILES string of the molecule is CC(=O)N[C@@H](Cc1c[nH]c2ccccc12)C(=O)Nc1ccc(S(N)(=O)=O)cc1. The predicted octanol–water partition coefficient (Wildman–Crippen LogP) is 1.50. The Bertz CT molecular complexity index is 1120. The maximum absolute atomic E-state index is 12.7. The Morgan fingerprint density at radius 2 is 1.79 bits per heavy atom. The van der Waals surface area contributed by atoms with E-state index in [1.807, 2.05) is 30.5 Å². The van der Waals surface area contributed by atoms with E-state index >= 15 is 0 Å². The number of carbonyl (C=O) groups is 2. The van der Waals surface area contributed by atoms with E-state index in [2.05, 4.69) is 15.6 Å². The molecule has 0 radical (unpaired) electrons. The summed E-state index contributed by atoms with van der Waals surface area (Å²) in [6.07, 6.45) is 2.11. The maximum Gasteiger partial charge on any atom is 0.247 e. The zero-order valence-corrected chi connectivity index (χ0v) is 15.9. The molecule has 146 valence electrons. The number of primary sulfonamides is 1. The third kappa shape index (κ3) is 4.56. The van der Waals surface area contributed by atoms with Crippen LogP contribution in [0.4, 0.5) is 5.69 Å². The molecule has 3 rings (SSSR count). The highest BCUT2D eigenvalue weighted by Gasteiger charge is 2.22. The van der Waals surface area contributed by atoms with Crippen LogP contribution in [0.2, 0.25) is 0 Å². The van der Waals surface area contributed by atoms with Crippen molar-refractivity contribution in [3.63, 3.8) is 0 Å². The van der Waals surface area contributed by atoms with Gasteiger partial charge in [-0.1, -0.05) is 18.2 Å². The van der Waals surface area contributed by atoms with Gasteiger partial charge in [-0.25, -0.2) is 13.6 Å². The zero-order chi connectivity index (χ0) is 20.3. The molecule has 0 unspecified atom stereocenters. The Kier molecular flexibility index (Phi) is 5.48. The van der Waals surface area contributed by atoms with Crippen LogP contribution in [0.25, 0.3) is 10.9 Å². The van der Waals surface area contributed by atoms with Crippen LogP contribution in [0, 0.1) is 0 Å². The molecule has 28 heavy (non-hydrogen) atoms. The van der Waals surface area contributed by atoms with Crippen molar-refractivity contribution in [1.29, 1.82) is 0 Å². The van der Waals surface area contributed by atoms with Crippen LogP contribution in [0.5, 0.6) is 0 Å². The number of fused-ring (bicyclic) bond motifs is 1. The topological polar surface area (TPSA) is 134 Å². The third-order valence-electron chi connectivity index (χ3n) is 4.24. The number of para-hydroxylation sites is 1. The Hall–Kier alpha value is -3.17. The number of rotatable bonds is 6. The summed E-state index contributed by atoms with van der Waals surface area (Å²) in [7, 11) is -3.81. The van der Waals surface area contributed by atoms with Crippen molar-refractivity contribution < 1.29 is 18.0 Å². The molecule has 0 aliphatic heterocycles. The quantitative estimate of drug-likeness (QED) is 0.499. The van der Waals surface area contributed by atoms with E-state index in [-0.39, 0.29) is 10.8 Å². The van der Waals surface area contributed by atoms with Crippen molar-refractivity contribution in [3.8, 4) is 0 Å². The number of sulfonamides is 1. The van der Waals surface area contributed by atoms with Crippen molar-refractivity contribution in [2.75, 3.05) is 5.32 Å². The number of hydrogen-bond donors (Lipinski definition) is 4. The van der Waals surface area contributed by atoms with Crippen molar-refractivity contribution >= 4 is 38.4 Å². The van der Waals surface area contributed by atoms with Crippen LogP contribution in [-0.4, -0.2) is 31.3 Å². The molecule has 1 heterocycles. The first-order valence-corrected chi connectivity index (χ1v) is 10.0. The molecule has 3 aromatic rings. The summed E-state index contributed by atoms with van der Waals surface area (Å²) in [4.78, 5) is 27.4. The number of aromatic nitrogens is 1. The van der Waals surface area contributed by atoms with Gasteiger partial charge >= 0.3 is 0 Å². The van der Waals surface area contributed by atoms with Gasteiger partial charge in [0.05, 0.1) is 4.90 Å². The second-order valence-corrected chi connectivity index (χ2v) is 7.94. The van der Waals surface area contributed by atoms with E-state index in [4.69, 9.17) is 5.14 Å². The van der Waals surface area contributed by atoms with Crippen molar-refractivity contribution in [2.24, 2.45) is 5.14 Å². The van der Waals surface area contributed by atoms with Crippen LogP contribution in [0.1, 0.15) is 12.5 Å². The van der Waals surface area contributed by atoms with Gasteiger partial charge in [0.2, 0.25) is 21.8 Å². The molecule has 1 atom stereocenters. The fourth-order valence-electron chi connectivity index (χ4n) is 2.93. The Labute approximate surface area is 162 Å². The molecule has 0 saturated heterocycles. The number of nitrogens with one attached hydrogen (secondary N) is 3. The first-order valence-electron chi connectivity index (χ1n) is 8.50. The fourth-order valence-corrected chi connectivity index (χ4v) is 3.45. The highest BCUT2D eigenvalue weighted by atomic mass is 32.2. The minimum atomic E-state index is -3.81.